The molecule has 4 nitrogen and oxygen atoms in total. The number of aliphatic hydroxyl groups is 1. The molecule has 1 amide bonds. The summed E-state index contributed by atoms with van der Waals surface area (Å²) in [5.41, 5.74) is 0.413. The van der Waals surface area contributed by atoms with E-state index in [0.29, 0.717) is 15.6 Å². The van der Waals surface area contributed by atoms with Crippen LogP contribution < -0.4 is 5.32 Å². The Labute approximate surface area is 145 Å². The average molecular weight is 354 g/mol. The Morgan fingerprint density at radius 1 is 1.17 bits per heavy atom. The molecule has 2 aromatic carbocycles. The maximum atomic E-state index is 12.0. The molecule has 1 unspecified atom stereocenters. The Morgan fingerprint density at radius 2 is 1.78 bits per heavy atom. The summed E-state index contributed by atoms with van der Waals surface area (Å²) in [5, 5.41) is 13.2. The van der Waals surface area contributed by atoms with Crippen LogP contribution >= 0.6 is 23.2 Å². The third-order valence-electron chi connectivity index (χ3n) is 3.41. The summed E-state index contributed by atoms with van der Waals surface area (Å²) in [4.78, 5) is 12.0. The van der Waals surface area contributed by atoms with Crippen LogP contribution in [0, 0.1) is 0 Å². The smallest absolute Gasteiger partial charge is 0.408 e. The van der Waals surface area contributed by atoms with Gasteiger partial charge in [0.2, 0.25) is 0 Å². The molecule has 0 fully saturated rings. The summed E-state index contributed by atoms with van der Waals surface area (Å²) in [5.74, 6) is 0. The van der Waals surface area contributed by atoms with E-state index in [9.17, 15) is 9.90 Å². The summed E-state index contributed by atoms with van der Waals surface area (Å²) in [6.45, 7) is 1.48. The SMILES string of the molecule is CC(CO)(NC(=O)OCc1ccccc1)c1cc(Cl)cc(Cl)c1. The molecule has 0 saturated carbocycles. The number of alkyl carbamates (subject to hydrolysis) is 1. The molecule has 6 heteroatoms. The van der Waals surface area contributed by atoms with E-state index in [1.54, 1.807) is 25.1 Å². The van der Waals surface area contributed by atoms with Gasteiger partial charge in [0.05, 0.1) is 12.1 Å². The van der Waals surface area contributed by atoms with E-state index in [1.165, 1.54) is 0 Å². The highest BCUT2D eigenvalue weighted by molar-refractivity contribution is 6.34. The van der Waals surface area contributed by atoms with Gasteiger partial charge in [-0.2, -0.15) is 0 Å². The monoisotopic (exact) mass is 353 g/mol. The van der Waals surface area contributed by atoms with Gasteiger partial charge in [-0.15, -0.1) is 0 Å². The third kappa shape index (κ3) is 4.86. The van der Waals surface area contributed by atoms with Gasteiger partial charge >= 0.3 is 6.09 Å². The van der Waals surface area contributed by atoms with Crippen LogP contribution in [0.4, 0.5) is 4.79 Å². The Morgan fingerprint density at radius 3 is 2.35 bits per heavy atom. The number of benzene rings is 2. The van der Waals surface area contributed by atoms with Crippen LogP contribution in [0.5, 0.6) is 0 Å². The van der Waals surface area contributed by atoms with Gasteiger partial charge in [-0.3, -0.25) is 0 Å². The van der Waals surface area contributed by atoms with Crippen molar-refractivity contribution in [3.05, 3.63) is 69.7 Å². The first-order valence-electron chi connectivity index (χ1n) is 6.99. The second-order valence-corrected chi connectivity index (χ2v) is 6.21. The van der Waals surface area contributed by atoms with Gasteiger partial charge in [-0.05, 0) is 36.2 Å². The summed E-state index contributed by atoms with van der Waals surface area (Å²) < 4.78 is 5.18. The zero-order valence-electron chi connectivity index (χ0n) is 12.6. The zero-order chi connectivity index (χ0) is 16.9. The molecule has 0 aromatic heterocycles. The quantitative estimate of drug-likeness (QED) is 0.849. The van der Waals surface area contributed by atoms with Crippen LogP contribution in [0.25, 0.3) is 0 Å². The van der Waals surface area contributed by atoms with Crippen molar-refractivity contribution in [2.24, 2.45) is 0 Å². The van der Waals surface area contributed by atoms with E-state index in [4.69, 9.17) is 27.9 Å². The van der Waals surface area contributed by atoms with Crippen LogP contribution in [-0.4, -0.2) is 17.8 Å². The number of rotatable bonds is 5. The second-order valence-electron chi connectivity index (χ2n) is 5.34. The number of ether oxygens (including phenoxy) is 1. The van der Waals surface area contributed by atoms with E-state index in [-0.39, 0.29) is 13.2 Å². The standard InChI is InChI=1S/C17H17Cl2NO3/c1-17(11-21,13-7-14(18)9-15(19)8-13)20-16(22)23-10-12-5-3-2-4-6-12/h2-9,21H,10-11H2,1H3,(H,20,22). The van der Waals surface area contributed by atoms with Crippen molar-refractivity contribution in [2.45, 2.75) is 19.1 Å². The molecule has 0 radical (unpaired) electrons. The van der Waals surface area contributed by atoms with Crippen LogP contribution in [0.3, 0.4) is 0 Å². The van der Waals surface area contributed by atoms with Crippen molar-refractivity contribution in [2.75, 3.05) is 6.61 Å². The van der Waals surface area contributed by atoms with E-state index >= 15 is 0 Å². The number of nitrogens with one attached hydrogen (secondary N) is 1. The van der Waals surface area contributed by atoms with Gasteiger partial charge in [-0.1, -0.05) is 53.5 Å². The van der Waals surface area contributed by atoms with Gasteiger partial charge in [0.15, 0.2) is 0 Å². The highest BCUT2D eigenvalue weighted by atomic mass is 35.5. The molecule has 23 heavy (non-hydrogen) atoms. The number of hydrogen-bond acceptors (Lipinski definition) is 3. The molecule has 2 N–H and O–H groups in total. The lowest BCUT2D eigenvalue weighted by atomic mass is 9.93. The summed E-state index contributed by atoms with van der Waals surface area (Å²) in [6.07, 6.45) is -0.637. The Bertz CT molecular complexity index is 659. The predicted octanol–water partition coefficient (Wildman–Crippen LogP) is 4.13. The molecule has 0 aliphatic rings. The number of carbonyl (C=O) groups excluding carboxylic acids is 1. The molecule has 2 rings (SSSR count). The number of halogens is 2. The van der Waals surface area contributed by atoms with Crippen molar-refractivity contribution in [3.63, 3.8) is 0 Å². The lowest BCUT2D eigenvalue weighted by Crippen LogP contribution is -2.46. The normalized spacial score (nSPS) is 13.2. The fourth-order valence-corrected chi connectivity index (χ4v) is 2.59. The average Bonchev–Trinajstić information content (AvgIpc) is 2.53. The molecular formula is C17H17Cl2NO3. The van der Waals surface area contributed by atoms with Gasteiger partial charge in [0, 0.05) is 10.0 Å². The number of carbonyl (C=O) groups is 1. The Balaban J connectivity index is 2.06. The molecule has 0 aliphatic carbocycles. The highest BCUT2D eigenvalue weighted by Crippen LogP contribution is 2.27. The first kappa shape index (κ1) is 17.6. The van der Waals surface area contributed by atoms with Gasteiger partial charge < -0.3 is 15.2 Å². The van der Waals surface area contributed by atoms with Gasteiger partial charge in [-0.25, -0.2) is 4.79 Å². The fraction of sp³-hybridized carbons (Fsp3) is 0.235. The summed E-state index contributed by atoms with van der Waals surface area (Å²) in [7, 11) is 0. The number of aliphatic hydroxyl groups excluding tert-OH is 1. The minimum Gasteiger partial charge on any atom is -0.445 e. The van der Waals surface area contributed by atoms with Crippen molar-refractivity contribution >= 4 is 29.3 Å². The lowest BCUT2D eigenvalue weighted by molar-refractivity contribution is 0.111. The largest absolute Gasteiger partial charge is 0.445 e. The zero-order valence-corrected chi connectivity index (χ0v) is 14.1. The molecular weight excluding hydrogens is 337 g/mol. The van der Waals surface area contributed by atoms with Crippen molar-refractivity contribution < 1.29 is 14.6 Å². The molecule has 0 spiro atoms. The Kier molecular flexibility index (Phi) is 5.88. The van der Waals surface area contributed by atoms with E-state index in [2.05, 4.69) is 5.32 Å². The van der Waals surface area contributed by atoms with E-state index < -0.39 is 11.6 Å². The maximum absolute atomic E-state index is 12.0. The topological polar surface area (TPSA) is 58.6 Å². The van der Waals surface area contributed by atoms with Crippen LogP contribution in [0.1, 0.15) is 18.1 Å². The van der Waals surface area contributed by atoms with Crippen LogP contribution in [0.2, 0.25) is 10.0 Å². The van der Waals surface area contributed by atoms with Crippen molar-refractivity contribution in [1.82, 2.24) is 5.32 Å². The fourth-order valence-electron chi connectivity index (χ4n) is 2.06. The first-order valence-corrected chi connectivity index (χ1v) is 7.75. The first-order chi connectivity index (χ1) is 10.9. The number of hydrogen-bond donors (Lipinski definition) is 2. The lowest BCUT2D eigenvalue weighted by Gasteiger charge is -2.29. The summed E-state index contributed by atoms with van der Waals surface area (Å²) >= 11 is 12.0. The van der Waals surface area contributed by atoms with Gasteiger partial charge in [0.1, 0.15) is 6.61 Å². The minimum atomic E-state index is -1.05. The summed E-state index contributed by atoms with van der Waals surface area (Å²) in [6, 6.07) is 14.2. The third-order valence-corrected chi connectivity index (χ3v) is 3.84. The second kappa shape index (κ2) is 7.68. The minimum absolute atomic E-state index is 0.143. The molecule has 0 aliphatic heterocycles. The van der Waals surface area contributed by atoms with Gasteiger partial charge in [0.25, 0.3) is 0 Å². The maximum Gasteiger partial charge on any atom is 0.408 e. The van der Waals surface area contributed by atoms with Crippen molar-refractivity contribution in [3.8, 4) is 0 Å². The van der Waals surface area contributed by atoms with Crippen LogP contribution in [-0.2, 0) is 16.9 Å². The predicted molar refractivity (Wildman–Crippen MR) is 90.7 cm³/mol. The molecule has 122 valence electrons. The molecule has 0 bridgehead atoms. The van der Waals surface area contributed by atoms with E-state index in [1.807, 2.05) is 30.3 Å². The van der Waals surface area contributed by atoms with Crippen LogP contribution in [0.15, 0.2) is 48.5 Å². The Hall–Kier alpha value is -1.75. The molecule has 0 heterocycles. The molecule has 0 saturated heterocycles. The van der Waals surface area contributed by atoms with E-state index in [0.717, 1.165) is 5.56 Å². The van der Waals surface area contributed by atoms with Crippen molar-refractivity contribution in [1.29, 1.82) is 0 Å². The highest BCUT2D eigenvalue weighted by Gasteiger charge is 2.29. The molecule has 1 atom stereocenters. The number of amides is 1. The molecule has 2 aromatic rings.